The minimum absolute atomic E-state index is 0.0457. The van der Waals surface area contributed by atoms with Crippen molar-refractivity contribution in [3.63, 3.8) is 0 Å². The fraction of sp³-hybridized carbons (Fsp3) is 0.333. The van der Waals surface area contributed by atoms with Crippen molar-refractivity contribution in [2.24, 2.45) is 10.3 Å². The molecule has 0 radical (unpaired) electrons. The summed E-state index contributed by atoms with van der Waals surface area (Å²) < 4.78 is 50.4. The van der Waals surface area contributed by atoms with Crippen LogP contribution in [-0.4, -0.2) is 30.6 Å². The van der Waals surface area contributed by atoms with E-state index < -0.39 is 20.0 Å². The van der Waals surface area contributed by atoms with Crippen molar-refractivity contribution in [3.05, 3.63) is 23.8 Å². The van der Waals surface area contributed by atoms with E-state index in [-0.39, 0.29) is 28.4 Å². The monoisotopic (exact) mass is 294 g/mol. The lowest BCUT2D eigenvalue weighted by Crippen LogP contribution is -2.20. The predicted octanol–water partition coefficient (Wildman–Crippen LogP) is -0.830. The van der Waals surface area contributed by atoms with Crippen LogP contribution in [0.3, 0.4) is 0 Å². The number of sulfonamides is 2. The van der Waals surface area contributed by atoms with Crippen LogP contribution in [0.5, 0.6) is 0 Å². The number of benzene rings is 1. The molecule has 1 rings (SSSR count). The number of hydrogen-bond acceptors (Lipinski definition) is 5. The van der Waals surface area contributed by atoms with Gasteiger partial charge < -0.3 is 4.74 Å². The second-order valence-electron chi connectivity index (χ2n) is 3.57. The van der Waals surface area contributed by atoms with Crippen LogP contribution in [0.4, 0.5) is 0 Å². The molecule has 0 aliphatic heterocycles. The van der Waals surface area contributed by atoms with Gasteiger partial charge in [-0.2, -0.15) is 0 Å². The first kappa shape index (κ1) is 15.1. The van der Waals surface area contributed by atoms with Gasteiger partial charge in [-0.1, -0.05) is 6.07 Å². The zero-order chi connectivity index (χ0) is 14.0. The van der Waals surface area contributed by atoms with Gasteiger partial charge in [-0.15, -0.1) is 0 Å². The number of rotatable bonds is 5. The average molecular weight is 294 g/mol. The van der Waals surface area contributed by atoms with E-state index >= 15 is 0 Å². The normalized spacial score (nSPS) is 12.6. The SMILES string of the molecule is COCCc1c(S(N)(=O)=O)cccc1S(N)(=O)=O. The molecule has 7 nitrogen and oxygen atoms in total. The van der Waals surface area contributed by atoms with Gasteiger partial charge in [-0.25, -0.2) is 27.1 Å². The van der Waals surface area contributed by atoms with E-state index in [1.165, 1.54) is 25.3 Å². The third kappa shape index (κ3) is 3.50. The smallest absolute Gasteiger partial charge is 0.238 e. The highest BCUT2D eigenvalue weighted by molar-refractivity contribution is 7.90. The highest BCUT2D eigenvalue weighted by Crippen LogP contribution is 2.22. The number of primary sulfonamides is 2. The summed E-state index contributed by atoms with van der Waals surface area (Å²) in [6.45, 7) is 0.148. The lowest BCUT2D eigenvalue weighted by molar-refractivity contribution is 0.201. The van der Waals surface area contributed by atoms with Gasteiger partial charge in [0.05, 0.1) is 16.4 Å². The lowest BCUT2D eigenvalue weighted by Gasteiger charge is -2.11. The molecule has 0 saturated heterocycles. The van der Waals surface area contributed by atoms with Crippen molar-refractivity contribution in [3.8, 4) is 0 Å². The Morgan fingerprint density at radius 1 is 1.06 bits per heavy atom. The molecule has 0 spiro atoms. The molecule has 102 valence electrons. The minimum Gasteiger partial charge on any atom is -0.384 e. The Bertz CT molecular complexity index is 587. The van der Waals surface area contributed by atoms with E-state index in [0.717, 1.165) is 0 Å². The molecule has 1 aromatic carbocycles. The molecular formula is C9H14N2O5S2. The molecule has 4 N–H and O–H groups in total. The molecule has 0 aliphatic carbocycles. The van der Waals surface area contributed by atoms with Crippen LogP contribution in [0.1, 0.15) is 5.56 Å². The summed E-state index contributed by atoms with van der Waals surface area (Å²) in [5.41, 5.74) is 0.0457. The van der Waals surface area contributed by atoms with Crippen molar-refractivity contribution < 1.29 is 21.6 Å². The van der Waals surface area contributed by atoms with Crippen molar-refractivity contribution in [1.29, 1.82) is 0 Å². The van der Waals surface area contributed by atoms with Crippen molar-refractivity contribution in [2.75, 3.05) is 13.7 Å². The number of hydrogen-bond donors (Lipinski definition) is 2. The van der Waals surface area contributed by atoms with Crippen LogP contribution in [0, 0.1) is 0 Å². The summed E-state index contributed by atoms with van der Waals surface area (Å²) >= 11 is 0. The average Bonchev–Trinajstić information content (AvgIpc) is 2.23. The van der Waals surface area contributed by atoms with Gasteiger partial charge in [0.2, 0.25) is 20.0 Å². The first-order valence-electron chi connectivity index (χ1n) is 4.84. The summed E-state index contributed by atoms with van der Waals surface area (Å²) in [7, 11) is -6.63. The fourth-order valence-electron chi connectivity index (χ4n) is 1.53. The maximum absolute atomic E-state index is 11.4. The van der Waals surface area contributed by atoms with E-state index in [2.05, 4.69) is 0 Å². The van der Waals surface area contributed by atoms with Gasteiger partial charge in [0.1, 0.15) is 0 Å². The molecule has 0 atom stereocenters. The van der Waals surface area contributed by atoms with E-state index in [1.807, 2.05) is 0 Å². The number of ether oxygens (including phenoxy) is 1. The Hall–Kier alpha value is -1.00. The Balaban J connectivity index is 3.55. The van der Waals surface area contributed by atoms with E-state index in [9.17, 15) is 16.8 Å². The summed E-state index contributed by atoms with van der Waals surface area (Å²) in [6.07, 6.45) is 0.0782. The first-order valence-corrected chi connectivity index (χ1v) is 7.93. The molecule has 0 bridgehead atoms. The van der Waals surface area contributed by atoms with Crippen molar-refractivity contribution in [1.82, 2.24) is 0 Å². The Morgan fingerprint density at radius 3 is 1.83 bits per heavy atom. The van der Waals surface area contributed by atoms with E-state index in [0.29, 0.717) is 0 Å². The fourth-order valence-corrected chi connectivity index (χ4v) is 3.24. The molecule has 18 heavy (non-hydrogen) atoms. The Labute approximate surface area is 106 Å². The van der Waals surface area contributed by atoms with Crippen LogP contribution in [0.2, 0.25) is 0 Å². The van der Waals surface area contributed by atoms with E-state index in [4.69, 9.17) is 15.0 Å². The molecule has 0 aliphatic rings. The quantitative estimate of drug-likeness (QED) is 0.732. The third-order valence-corrected chi connectivity index (χ3v) is 4.25. The molecule has 0 unspecified atom stereocenters. The van der Waals surface area contributed by atoms with Gasteiger partial charge in [0.15, 0.2) is 0 Å². The maximum atomic E-state index is 11.4. The van der Waals surface area contributed by atoms with Crippen LogP contribution in [0.15, 0.2) is 28.0 Å². The van der Waals surface area contributed by atoms with Gasteiger partial charge in [0.25, 0.3) is 0 Å². The van der Waals surface area contributed by atoms with Crippen LogP contribution < -0.4 is 10.3 Å². The molecule has 9 heteroatoms. The van der Waals surface area contributed by atoms with Crippen LogP contribution in [0.25, 0.3) is 0 Å². The topological polar surface area (TPSA) is 130 Å². The summed E-state index contributed by atoms with van der Waals surface area (Å²) in [4.78, 5) is -0.517. The Kier molecular flexibility index (Phi) is 4.46. The van der Waals surface area contributed by atoms with Crippen LogP contribution >= 0.6 is 0 Å². The third-order valence-electron chi connectivity index (χ3n) is 2.26. The zero-order valence-electron chi connectivity index (χ0n) is 9.66. The molecule has 0 amide bonds. The molecular weight excluding hydrogens is 280 g/mol. The molecule has 0 heterocycles. The highest BCUT2D eigenvalue weighted by atomic mass is 32.2. The summed E-state index contributed by atoms with van der Waals surface area (Å²) in [5, 5.41) is 10.1. The van der Waals surface area contributed by atoms with Gasteiger partial charge >= 0.3 is 0 Å². The first-order chi connectivity index (χ1) is 8.18. The van der Waals surface area contributed by atoms with E-state index in [1.54, 1.807) is 0 Å². The summed E-state index contributed by atoms with van der Waals surface area (Å²) in [5.74, 6) is 0. The minimum atomic E-state index is -4.02. The molecule has 1 aromatic rings. The van der Waals surface area contributed by atoms with Gasteiger partial charge in [-0.3, -0.25) is 0 Å². The highest BCUT2D eigenvalue weighted by Gasteiger charge is 2.21. The molecule has 0 saturated carbocycles. The van der Waals surface area contributed by atoms with Gasteiger partial charge in [-0.05, 0) is 24.1 Å². The van der Waals surface area contributed by atoms with Crippen molar-refractivity contribution in [2.45, 2.75) is 16.2 Å². The Morgan fingerprint density at radius 2 is 1.50 bits per heavy atom. The zero-order valence-corrected chi connectivity index (χ0v) is 11.3. The number of methoxy groups -OCH3 is 1. The van der Waals surface area contributed by atoms with Crippen molar-refractivity contribution >= 4 is 20.0 Å². The largest absolute Gasteiger partial charge is 0.384 e. The van der Waals surface area contributed by atoms with Crippen LogP contribution in [-0.2, 0) is 31.2 Å². The second kappa shape index (κ2) is 5.33. The maximum Gasteiger partial charge on any atom is 0.238 e. The standard InChI is InChI=1S/C9H14N2O5S2/c1-16-6-5-7-8(17(10,12)13)3-2-4-9(7)18(11,14)15/h2-4H,5-6H2,1H3,(H2,10,12,13)(H2,11,14,15). The van der Waals surface area contributed by atoms with Gasteiger partial charge in [0, 0.05) is 7.11 Å². The summed E-state index contributed by atoms with van der Waals surface area (Å²) in [6, 6.07) is 3.74. The lowest BCUT2D eigenvalue weighted by atomic mass is 10.1. The number of nitrogens with two attached hydrogens (primary N) is 2. The second-order valence-corrected chi connectivity index (χ2v) is 6.63. The molecule has 0 aromatic heterocycles. The molecule has 0 fully saturated rings. The predicted molar refractivity (Wildman–Crippen MR) is 64.8 cm³/mol.